The minimum absolute atomic E-state index is 0.234. The molecule has 0 saturated carbocycles. The minimum Gasteiger partial charge on any atom is -0.496 e. The molecule has 1 aromatic rings. The van der Waals surface area contributed by atoms with E-state index in [0.717, 1.165) is 5.56 Å². The zero-order chi connectivity index (χ0) is 16.7. The van der Waals surface area contributed by atoms with Crippen molar-refractivity contribution in [3.63, 3.8) is 0 Å². The standard InChI is InChI=1S/C16H20N2O4/c1-11-6-7-13(10-14(11)21-4)16(20)22-12(2)15(19)18(3)9-5-8-17/h6-7,10,12H,5,9H2,1-4H3/t12-/m0/s1. The molecule has 0 radical (unpaired) electrons. The Morgan fingerprint density at radius 1 is 1.41 bits per heavy atom. The zero-order valence-electron chi connectivity index (χ0n) is 13.3. The van der Waals surface area contributed by atoms with Gasteiger partial charge in [0.15, 0.2) is 6.10 Å². The van der Waals surface area contributed by atoms with E-state index in [1.807, 2.05) is 13.0 Å². The zero-order valence-corrected chi connectivity index (χ0v) is 13.3. The molecule has 0 aromatic heterocycles. The first-order chi connectivity index (χ1) is 10.4. The molecule has 6 nitrogen and oxygen atoms in total. The summed E-state index contributed by atoms with van der Waals surface area (Å²) in [4.78, 5) is 25.5. The summed E-state index contributed by atoms with van der Waals surface area (Å²) in [5.41, 5.74) is 1.22. The van der Waals surface area contributed by atoms with Crippen molar-refractivity contribution >= 4 is 11.9 Å². The number of nitrogens with zero attached hydrogens (tertiary/aromatic N) is 2. The third-order valence-corrected chi connectivity index (χ3v) is 3.21. The van der Waals surface area contributed by atoms with Crippen molar-refractivity contribution in [2.24, 2.45) is 0 Å². The van der Waals surface area contributed by atoms with E-state index in [2.05, 4.69) is 0 Å². The second kappa shape index (κ2) is 8.03. The third-order valence-electron chi connectivity index (χ3n) is 3.21. The Morgan fingerprint density at radius 2 is 2.09 bits per heavy atom. The van der Waals surface area contributed by atoms with Gasteiger partial charge in [0, 0.05) is 13.6 Å². The number of carbonyl (C=O) groups is 2. The van der Waals surface area contributed by atoms with Crippen LogP contribution in [0.4, 0.5) is 0 Å². The predicted octanol–water partition coefficient (Wildman–Crippen LogP) is 1.92. The Kier molecular flexibility index (Phi) is 6.39. The number of benzene rings is 1. The van der Waals surface area contributed by atoms with E-state index in [9.17, 15) is 9.59 Å². The van der Waals surface area contributed by atoms with E-state index in [-0.39, 0.29) is 12.3 Å². The van der Waals surface area contributed by atoms with Crippen LogP contribution in [0.3, 0.4) is 0 Å². The summed E-state index contributed by atoms with van der Waals surface area (Å²) < 4.78 is 10.3. The Bertz CT molecular complexity index is 592. The van der Waals surface area contributed by atoms with Gasteiger partial charge in [0.25, 0.3) is 5.91 Å². The SMILES string of the molecule is COc1cc(C(=O)O[C@@H](C)C(=O)N(C)CCC#N)ccc1C. The number of likely N-dealkylation sites (N-methyl/N-ethyl adjacent to an activating group) is 1. The molecule has 1 rings (SSSR count). The van der Waals surface area contributed by atoms with Crippen LogP contribution in [-0.2, 0) is 9.53 Å². The number of carbonyl (C=O) groups excluding carboxylic acids is 2. The molecule has 0 saturated heterocycles. The molecule has 1 atom stereocenters. The van der Waals surface area contributed by atoms with Crippen LogP contribution in [0, 0.1) is 18.3 Å². The lowest BCUT2D eigenvalue weighted by molar-refractivity contribution is -0.138. The molecular formula is C16H20N2O4. The Balaban J connectivity index is 2.71. The van der Waals surface area contributed by atoms with Crippen LogP contribution in [0.25, 0.3) is 0 Å². The lowest BCUT2D eigenvalue weighted by atomic mass is 10.1. The van der Waals surface area contributed by atoms with Crippen molar-refractivity contribution in [1.82, 2.24) is 4.90 Å². The van der Waals surface area contributed by atoms with Crippen molar-refractivity contribution in [2.75, 3.05) is 20.7 Å². The highest BCUT2D eigenvalue weighted by Crippen LogP contribution is 2.19. The van der Waals surface area contributed by atoms with E-state index in [1.165, 1.54) is 18.9 Å². The van der Waals surface area contributed by atoms with Crippen molar-refractivity contribution in [3.05, 3.63) is 29.3 Å². The van der Waals surface area contributed by atoms with Crippen molar-refractivity contribution in [3.8, 4) is 11.8 Å². The number of aryl methyl sites for hydroxylation is 1. The summed E-state index contributed by atoms with van der Waals surface area (Å²) in [5.74, 6) is -0.352. The first-order valence-electron chi connectivity index (χ1n) is 6.88. The molecule has 1 aromatic carbocycles. The van der Waals surface area contributed by atoms with E-state index in [4.69, 9.17) is 14.7 Å². The molecule has 0 aliphatic rings. The van der Waals surface area contributed by atoms with Crippen LogP contribution in [0.2, 0.25) is 0 Å². The van der Waals surface area contributed by atoms with Crippen LogP contribution in [0.5, 0.6) is 5.75 Å². The largest absolute Gasteiger partial charge is 0.496 e. The van der Waals surface area contributed by atoms with Gasteiger partial charge in [-0.05, 0) is 31.5 Å². The fourth-order valence-electron chi connectivity index (χ4n) is 1.86. The molecule has 6 heteroatoms. The number of hydrogen-bond donors (Lipinski definition) is 0. The van der Waals surface area contributed by atoms with Crippen LogP contribution in [-0.4, -0.2) is 43.6 Å². The Hall–Kier alpha value is -2.55. The van der Waals surface area contributed by atoms with E-state index < -0.39 is 12.1 Å². The lowest BCUT2D eigenvalue weighted by Gasteiger charge is -2.20. The molecule has 0 unspecified atom stereocenters. The summed E-state index contributed by atoms with van der Waals surface area (Å²) in [5, 5.41) is 8.52. The van der Waals surface area contributed by atoms with Gasteiger partial charge in [-0.15, -0.1) is 0 Å². The van der Waals surface area contributed by atoms with Crippen LogP contribution in [0.15, 0.2) is 18.2 Å². The van der Waals surface area contributed by atoms with Gasteiger partial charge in [-0.3, -0.25) is 4.79 Å². The maximum absolute atomic E-state index is 12.1. The van der Waals surface area contributed by atoms with E-state index >= 15 is 0 Å². The van der Waals surface area contributed by atoms with Gasteiger partial charge >= 0.3 is 5.97 Å². The Morgan fingerprint density at radius 3 is 2.68 bits per heavy atom. The number of rotatable bonds is 6. The number of amides is 1. The molecule has 0 aliphatic carbocycles. The van der Waals surface area contributed by atoms with E-state index in [0.29, 0.717) is 17.9 Å². The summed E-state index contributed by atoms with van der Waals surface area (Å²) >= 11 is 0. The van der Waals surface area contributed by atoms with Gasteiger partial charge in [-0.25, -0.2) is 4.79 Å². The topological polar surface area (TPSA) is 79.6 Å². The highest BCUT2D eigenvalue weighted by molar-refractivity contribution is 5.92. The maximum Gasteiger partial charge on any atom is 0.339 e. The second-order valence-corrected chi connectivity index (χ2v) is 4.90. The molecule has 1 amide bonds. The Labute approximate surface area is 130 Å². The predicted molar refractivity (Wildman–Crippen MR) is 80.5 cm³/mol. The number of methoxy groups -OCH3 is 1. The van der Waals surface area contributed by atoms with Gasteiger partial charge in [0.2, 0.25) is 0 Å². The number of hydrogen-bond acceptors (Lipinski definition) is 5. The van der Waals surface area contributed by atoms with Gasteiger partial charge in [-0.2, -0.15) is 5.26 Å². The average molecular weight is 304 g/mol. The van der Waals surface area contributed by atoms with Crippen molar-refractivity contribution in [2.45, 2.75) is 26.4 Å². The van der Waals surface area contributed by atoms with Crippen molar-refractivity contribution < 1.29 is 19.1 Å². The molecular weight excluding hydrogens is 284 g/mol. The minimum atomic E-state index is -0.913. The molecule has 0 N–H and O–H groups in total. The summed E-state index contributed by atoms with van der Waals surface area (Å²) in [7, 11) is 3.09. The highest BCUT2D eigenvalue weighted by atomic mass is 16.5. The smallest absolute Gasteiger partial charge is 0.339 e. The molecule has 0 aliphatic heterocycles. The number of nitriles is 1. The average Bonchev–Trinajstić information content (AvgIpc) is 2.51. The summed E-state index contributed by atoms with van der Waals surface area (Å²) in [6, 6.07) is 6.91. The fraction of sp³-hybridized carbons (Fsp3) is 0.438. The van der Waals surface area contributed by atoms with Crippen molar-refractivity contribution in [1.29, 1.82) is 5.26 Å². The lowest BCUT2D eigenvalue weighted by Crippen LogP contribution is -2.37. The normalized spacial score (nSPS) is 11.2. The fourth-order valence-corrected chi connectivity index (χ4v) is 1.86. The highest BCUT2D eigenvalue weighted by Gasteiger charge is 2.22. The number of esters is 1. The summed E-state index contributed by atoms with van der Waals surface area (Å²) in [6.07, 6.45) is -0.679. The summed E-state index contributed by atoms with van der Waals surface area (Å²) in [6.45, 7) is 3.67. The monoisotopic (exact) mass is 304 g/mol. The second-order valence-electron chi connectivity index (χ2n) is 4.90. The molecule has 22 heavy (non-hydrogen) atoms. The molecule has 0 fully saturated rings. The third kappa shape index (κ3) is 4.48. The first kappa shape index (κ1) is 17.5. The van der Waals surface area contributed by atoms with Crippen LogP contribution < -0.4 is 4.74 Å². The first-order valence-corrected chi connectivity index (χ1v) is 6.88. The molecule has 0 spiro atoms. The van der Waals surface area contributed by atoms with Gasteiger partial charge in [-0.1, -0.05) is 6.07 Å². The molecule has 0 heterocycles. The van der Waals surface area contributed by atoms with Crippen LogP contribution >= 0.6 is 0 Å². The van der Waals surface area contributed by atoms with Gasteiger partial charge in [0.1, 0.15) is 5.75 Å². The molecule has 118 valence electrons. The number of ether oxygens (including phenoxy) is 2. The quantitative estimate of drug-likeness (QED) is 0.750. The van der Waals surface area contributed by atoms with E-state index in [1.54, 1.807) is 25.2 Å². The van der Waals surface area contributed by atoms with Crippen LogP contribution in [0.1, 0.15) is 29.3 Å². The van der Waals surface area contributed by atoms with Gasteiger partial charge in [0.05, 0.1) is 25.2 Å². The molecule has 0 bridgehead atoms. The van der Waals surface area contributed by atoms with Gasteiger partial charge < -0.3 is 14.4 Å². The maximum atomic E-state index is 12.1.